The highest BCUT2D eigenvalue weighted by molar-refractivity contribution is 6.43. The normalized spacial score (nSPS) is 22.2. The number of nitrogens with one attached hydrogen (secondary N) is 2. The van der Waals surface area contributed by atoms with Crippen LogP contribution in [0.5, 0.6) is 0 Å². The molecule has 5 nitrogen and oxygen atoms in total. The summed E-state index contributed by atoms with van der Waals surface area (Å²) in [4.78, 5) is 17.1. The van der Waals surface area contributed by atoms with Gasteiger partial charge < -0.3 is 15.5 Å². The third kappa shape index (κ3) is 8.09. The number of anilines is 1. The van der Waals surface area contributed by atoms with Crippen molar-refractivity contribution in [3.63, 3.8) is 0 Å². The Morgan fingerprint density at radius 3 is 2.50 bits per heavy atom. The van der Waals surface area contributed by atoms with E-state index >= 15 is 0 Å². The topological polar surface area (TPSA) is 47.6 Å². The Hall–Kier alpha value is -1.01. The summed E-state index contributed by atoms with van der Waals surface area (Å²) < 4.78 is 0. The van der Waals surface area contributed by atoms with Gasteiger partial charge in [-0.15, -0.1) is 0 Å². The maximum absolute atomic E-state index is 12.2. The molecule has 2 fully saturated rings. The smallest absolute Gasteiger partial charge is 0.220 e. The van der Waals surface area contributed by atoms with Crippen molar-refractivity contribution in [1.82, 2.24) is 15.5 Å². The molecule has 2 N–H and O–H groups in total. The first kappa shape index (κ1) is 25.6. The second kappa shape index (κ2) is 13.6. The quantitative estimate of drug-likeness (QED) is 0.437. The number of halogens is 2. The molecule has 0 radical (unpaired) electrons. The summed E-state index contributed by atoms with van der Waals surface area (Å²) in [5.74, 6) is 1.04. The van der Waals surface area contributed by atoms with E-state index in [2.05, 4.69) is 26.5 Å². The van der Waals surface area contributed by atoms with E-state index in [4.69, 9.17) is 23.2 Å². The van der Waals surface area contributed by atoms with E-state index < -0.39 is 0 Å². The number of piperazine rings is 1. The standard InChI is InChI=1S/C25H40Cl2N4O/c1-28-14-4-2-3-8-24(32)29-21-11-9-20(10-12-21)13-15-30-16-18-31(19-17-30)23-7-5-6-22(26)25(23)27/h5-7,20-21,28H,2-4,8-19H2,1H3,(H,29,32)/t20-,21-. The molecule has 0 bridgehead atoms. The van der Waals surface area contributed by atoms with Crippen molar-refractivity contribution in [3.05, 3.63) is 28.2 Å². The lowest BCUT2D eigenvalue weighted by molar-refractivity contribution is -0.122. The van der Waals surface area contributed by atoms with E-state index in [0.717, 1.165) is 76.4 Å². The van der Waals surface area contributed by atoms with Crippen LogP contribution in [0.15, 0.2) is 18.2 Å². The zero-order valence-electron chi connectivity index (χ0n) is 19.6. The van der Waals surface area contributed by atoms with E-state index in [9.17, 15) is 4.79 Å². The van der Waals surface area contributed by atoms with Crippen LogP contribution in [-0.4, -0.2) is 63.2 Å². The Balaban J connectivity index is 1.27. The molecule has 1 saturated carbocycles. The van der Waals surface area contributed by atoms with Gasteiger partial charge in [0.05, 0.1) is 15.7 Å². The number of amides is 1. The highest BCUT2D eigenvalue weighted by Crippen LogP contribution is 2.33. The van der Waals surface area contributed by atoms with Gasteiger partial charge in [-0.05, 0) is 83.1 Å². The predicted molar refractivity (Wildman–Crippen MR) is 136 cm³/mol. The van der Waals surface area contributed by atoms with Crippen molar-refractivity contribution in [2.75, 3.05) is 51.2 Å². The van der Waals surface area contributed by atoms with Crippen molar-refractivity contribution in [1.29, 1.82) is 0 Å². The molecular formula is C25H40Cl2N4O. The van der Waals surface area contributed by atoms with Gasteiger partial charge in [0.15, 0.2) is 0 Å². The summed E-state index contributed by atoms with van der Waals surface area (Å²) >= 11 is 12.6. The Bertz CT molecular complexity index is 701. The first-order valence-corrected chi connectivity index (χ1v) is 13.2. The molecule has 1 aliphatic heterocycles. The minimum Gasteiger partial charge on any atom is -0.368 e. The highest BCUT2D eigenvalue weighted by Gasteiger charge is 2.24. The van der Waals surface area contributed by atoms with Crippen LogP contribution >= 0.6 is 23.2 Å². The van der Waals surface area contributed by atoms with Crippen LogP contribution in [0.4, 0.5) is 5.69 Å². The molecule has 0 atom stereocenters. The predicted octanol–water partition coefficient (Wildman–Crippen LogP) is 4.96. The van der Waals surface area contributed by atoms with Gasteiger partial charge in [-0.2, -0.15) is 0 Å². The highest BCUT2D eigenvalue weighted by atomic mass is 35.5. The lowest BCUT2D eigenvalue weighted by Gasteiger charge is -2.37. The average Bonchev–Trinajstić information content (AvgIpc) is 2.81. The van der Waals surface area contributed by atoms with Crippen molar-refractivity contribution in [2.45, 2.75) is 63.8 Å². The lowest BCUT2D eigenvalue weighted by atomic mass is 9.84. The number of hydrogen-bond acceptors (Lipinski definition) is 4. The fourth-order valence-electron chi connectivity index (χ4n) is 4.97. The summed E-state index contributed by atoms with van der Waals surface area (Å²) in [5, 5.41) is 7.72. The third-order valence-corrected chi connectivity index (χ3v) is 7.85. The van der Waals surface area contributed by atoms with Gasteiger partial charge in [-0.25, -0.2) is 0 Å². The zero-order valence-corrected chi connectivity index (χ0v) is 21.1. The van der Waals surface area contributed by atoms with Gasteiger partial charge in [0, 0.05) is 38.6 Å². The number of rotatable bonds is 11. The van der Waals surface area contributed by atoms with Crippen LogP contribution < -0.4 is 15.5 Å². The molecular weight excluding hydrogens is 443 g/mol. The number of unbranched alkanes of at least 4 members (excludes halogenated alkanes) is 2. The minimum atomic E-state index is 0.246. The minimum absolute atomic E-state index is 0.246. The summed E-state index contributed by atoms with van der Waals surface area (Å²) in [5.41, 5.74) is 1.05. The summed E-state index contributed by atoms with van der Waals surface area (Å²) in [7, 11) is 1.97. The Kier molecular flexibility index (Phi) is 10.9. The number of benzene rings is 1. The van der Waals surface area contributed by atoms with Gasteiger partial charge in [-0.3, -0.25) is 9.69 Å². The van der Waals surface area contributed by atoms with Crippen LogP contribution in [0.1, 0.15) is 57.8 Å². The monoisotopic (exact) mass is 482 g/mol. The van der Waals surface area contributed by atoms with Gasteiger partial charge in [0.25, 0.3) is 0 Å². The first-order valence-electron chi connectivity index (χ1n) is 12.4. The average molecular weight is 484 g/mol. The Labute approximate surface area is 204 Å². The maximum Gasteiger partial charge on any atom is 0.220 e. The largest absolute Gasteiger partial charge is 0.368 e. The molecule has 180 valence electrons. The molecule has 32 heavy (non-hydrogen) atoms. The number of carbonyl (C=O) groups excluding carboxylic acids is 1. The van der Waals surface area contributed by atoms with Gasteiger partial charge in [0.1, 0.15) is 0 Å². The van der Waals surface area contributed by atoms with Gasteiger partial charge in [-0.1, -0.05) is 35.7 Å². The van der Waals surface area contributed by atoms with E-state index in [1.165, 1.54) is 25.8 Å². The third-order valence-electron chi connectivity index (χ3n) is 7.04. The van der Waals surface area contributed by atoms with E-state index in [1.54, 1.807) is 0 Å². The van der Waals surface area contributed by atoms with Crippen molar-refractivity contribution < 1.29 is 4.79 Å². The second-order valence-electron chi connectivity index (χ2n) is 9.39. The zero-order chi connectivity index (χ0) is 22.8. The van der Waals surface area contributed by atoms with Gasteiger partial charge >= 0.3 is 0 Å². The van der Waals surface area contributed by atoms with E-state index in [-0.39, 0.29) is 5.91 Å². The van der Waals surface area contributed by atoms with Crippen LogP contribution in [0.3, 0.4) is 0 Å². The van der Waals surface area contributed by atoms with E-state index in [0.29, 0.717) is 22.5 Å². The van der Waals surface area contributed by atoms with Gasteiger partial charge in [0.2, 0.25) is 5.91 Å². The molecule has 2 aliphatic rings. The number of carbonyl (C=O) groups is 1. The second-order valence-corrected chi connectivity index (χ2v) is 10.2. The first-order chi connectivity index (χ1) is 15.6. The molecule has 0 spiro atoms. The van der Waals surface area contributed by atoms with Crippen LogP contribution in [0, 0.1) is 5.92 Å². The molecule has 0 aromatic heterocycles. The summed E-state index contributed by atoms with van der Waals surface area (Å²) in [6.45, 7) is 6.34. The van der Waals surface area contributed by atoms with E-state index in [1.807, 2.05) is 19.2 Å². The van der Waals surface area contributed by atoms with Crippen LogP contribution in [0.2, 0.25) is 10.0 Å². The Morgan fingerprint density at radius 2 is 1.78 bits per heavy atom. The maximum atomic E-state index is 12.2. The molecule has 3 rings (SSSR count). The van der Waals surface area contributed by atoms with Crippen LogP contribution in [0.25, 0.3) is 0 Å². The van der Waals surface area contributed by atoms with Crippen molar-refractivity contribution in [3.8, 4) is 0 Å². The molecule has 0 unspecified atom stereocenters. The molecule has 1 saturated heterocycles. The molecule has 1 aliphatic carbocycles. The summed E-state index contributed by atoms with van der Waals surface area (Å²) in [6.07, 6.45) is 9.98. The summed E-state index contributed by atoms with van der Waals surface area (Å²) in [6, 6.07) is 6.27. The van der Waals surface area contributed by atoms with Crippen LogP contribution in [-0.2, 0) is 4.79 Å². The fourth-order valence-corrected chi connectivity index (χ4v) is 5.39. The fraction of sp³-hybridized carbons (Fsp3) is 0.720. The molecule has 1 heterocycles. The Morgan fingerprint density at radius 1 is 1.03 bits per heavy atom. The SMILES string of the molecule is CNCCCCCC(=O)N[C@H]1CC[C@H](CCN2CCN(c3cccc(Cl)c3Cl)CC2)CC1. The number of nitrogens with zero attached hydrogens (tertiary/aromatic N) is 2. The lowest BCUT2D eigenvalue weighted by Crippen LogP contribution is -2.47. The number of hydrogen-bond donors (Lipinski definition) is 2. The molecule has 1 aromatic carbocycles. The molecule has 7 heteroatoms. The van der Waals surface area contributed by atoms with Crippen molar-refractivity contribution >= 4 is 34.8 Å². The molecule has 1 amide bonds. The molecule has 1 aromatic rings. The van der Waals surface area contributed by atoms with Crippen molar-refractivity contribution in [2.24, 2.45) is 5.92 Å².